The Hall–Kier alpha value is -1.60. The zero-order chi connectivity index (χ0) is 17.7. The van der Waals surface area contributed by atoms with Crippen LogP contribution in [0.4, 0.5) is 0 Å². The van der Waals surface area contributed by atoms with Gasteiger partial charge < -0.3 is 9.64 Å². The fraction of sp³-hybridized carbons (Fsp3) is 0.588. The van der Waals surface area contributed by atoms with Gasteiger partial charge in [-0.2, -0.15) is 4.31 Å². The lowest BCUT2D eigenvalue weighted by Crippen LogP contribution is -2.52. The van der Waals surface area contributed by atoms with E-state index in [-0.39, 0.29) is 10.8 Å². The maximum atomic E-state index is 13.1. The van der Waals surface area contributed by atoms with Crippen molar-refractivity contribution >= 4 is 15.9 Å². The summed E-state index contributed by atoms with van der Waals surface area (Å²) in [6.45, 7) is 5.35. The molecule has 0 aromatic heterocycles. The van der Waals surface area contributed by atoms with E-state index in [1.54, 1.807) is 23.1 Å². The number of benzene rings is 1. The molecule has 0 spiro atoms. The zero-order valence-corrected chi connectivity index (χ0v) is 15.4. The number of carbonyl (C=O) groups excluding carboxylic acids is 1. The number of hydrogen-bond donors (Lipinski definition) is 0. The summed E-state index contributed by atoms with van der Waals surface area (Å²) in [5, 5.41) is 0. The van der Waals surface area contributed by atoms with Crippen LogP contribution in [0.3, 0.4) is 0 Å². The second-order valence-electron chi connectivity index (χ2n) is 5.82. The number of likely N-dealkylation sites (N-methyl/N-ethyl adjacent to an activating group) is 1. The van der Waals surface area contributed by atoms with Crippen molar-refractivity contribution in [1.29, 1.82) is 0 Å². The fourth-order valence-corrected chi connectivity index (χ4v) is 4.77. The van der Waals surface area contributed by atoms with Gasteiger partial charge in [-0.15, -0.1) is 0 Å². The molecule has 1 unspecified atom stereocenters. The maximum Gasteiger partial charge on any atom is 0.243 e. The third-order valence-corrected chi connectivity index (χ3v) is 6.37. The molecule has 7 heteroatoms. The maximum absolute atomic E-state index is 13.1. The summed E-state index contributed by atoms with van der Waals surface area (Å²) in [5.74, 6) is 0.380. The summed E-state index contributed by atoms with van der Waals surface area (Å²) in [4.78, 5) is 14.6. The normalized spacial score (nSPS) is 19.0. The van der Waals surface area contributed by atoms with Crippen molar-refractivity contribution in [2.75, 3.05) is 26.7 Å². The van der Waals surface area contributed by atoms with Crippen molar-refractivity contribution in [3.63, 3.8) is 0 Å². The number of piperidine rings is 1. The Morgan fingerprint density at radius 3 is 2.62 bits per heavy atom. The molecule has 1 fully saturated rings. The second kappa shape index (κ2) is 7.98. The predicted octanol–water partition coefficient (Wildman–Crippen LogP) is 2.11. The van der Waals surface area contributed by atoms with Gasteiger partial charge in [-0.25, -0.2) is 8.42 Å². The highest BCUT2D eigenvalue weighted by atomic mass is 32.2. The molecule has 1 aromatic carbocycles. The van der Waals surface area contributed by atoms with Crippen LogP contribution < -0.4 is 4.74 Å². The number of carbonyl (C=O) groups is 1. The lowest BCUT2D eigenvalue weighted by Gasteiger charge is -2.36. The van der Waals surface area contributed by atoms with Gasteiger partial charge in [-0.3, -0.25) is 4.79 Å². The minimum atomic E-state index is -3.73. The summed E-state index contributed by atoms with van der Waals surface area (Å²) in [6, 6.07) is 5.79. The highest BCUT2D eigenvalue weighted by Crippen LogP contribution is 2.28. The molecule has 1 atom stereocenters. The molecular formula is C17H26N2O4S. The number of sulfonamides is 1. The third-order valence-electron chi connectivity index (χ3n) is 4.46. The number of nitrogens with zero attached hydrogens (tertiary/aromatic N) is 2. The van der Waals surface area contributed by atoms with Gasteiger partial charge in [0.15, 0.2) is 0 Å². The van der Waals surface area contributed by atoms with Crippen LogP contribution in [-0.4, -0.2) is 56.3 Å². The van der Waals surface area contributed by atoms with Gasteiger partial charge in [0.2, 0.25) is 15.9 Å². The average molecular weight is 354 g/mol. The van der Waals surface area contributed by atoms with Crippen molar-refractivity contribution in [2.24, 2.45) is 0 Å². The summed E-state index contributed by atoms with van der Waals surface area (Å²) in [7, 11) is -2.23. The second-order valence-corrected chi connectivity index (χ2v) is 7.71. The van der Waals surface area contributed by atoms with Gasteiger partial charge in [0.05, 0.1) is 12.0 Å². The molecule has 134 valence electrons. The number of methoxy groups -OCH3 is 1. The van der Waals surface area contributed by atoms with Gasteiger partial charge >= 0.3 is 0 Å². The molecule has 1 aromatic rings. The van der Waals surface area contributed by atoms with Crippen LogP contribution in [0.25, 0.3) is 0 Å². The van der Waals surface area contributed by atoms with Crippen molar-refractivity contribution in [3.8, 4) is 5.75 Å². The molecule has 0 aliphatic carbocycles. The van der Waals surface area contributed by atoms with Crippen LogP contribution in [0, 0.1) is 0 Å². The Balaban J connectivity index is 2.36. The van der Waals surface area contributed by atoms with Crippen LogP contribution in [0.2, 0.25) is 0 Å². The first kappa shape index (κ1) is 18.7. The molecule has 1 heterocycles. The van der Waals surface area contributed by atoms with Crippen molar-refractivity contribution < 1.29 is 17.9 Å². The van der Waals surface area contributed by atoms with Gasteiger partial charge in [-0.05, 0) is 38.8 Å². The van der Waals surface area contributed by atoms with E-state index < -0.39 is 16.1 Å². The molecular weight excluding hydrogens is 328 g/mol. The van der Waals surface area contributed by atoms with E-state index in [4.69, 9.17) is 4.74 Å². The average Bonchev–Trinajstić information content (AvgIpc) is 2.62. The Labute approximate surface area is 144 Å². The Morgan fingerprint density at radius 2 is 2.00 bits per heavy atom. The lowest BCUT2D eigenvalue weighted by atomic mass is 10.0. The van der Waals surface area contributed by atoms with E-state index in [0.29, 0.717) is 31.8 Å². The Kier molecular flexibility index (Phi) is 6.23. The van der Waals surface area contributed by atoms with E-state index in [1.807, 2.05) is 13.8 Å². The molecule has 1 aliphatic rings. The fourth-order valence-electron chi connectivity index (χ4n) is 3.08. The summed E-state index contributed by atoms with van der Waals surface area (Å²) in [6.07, 6.45) is 2.20. The number of rotatable bonds is 6. The summed E-state index contributed by atoms with van der Waals surface area (Å²) < 4.78 is 32.6. The number of hydrogen-bond acceptors (Lipinski definition) is 4. The lowest BCUT2D eigenvalue weighted by molar-refractivity contribution is -0.135. The van der Waals surface area contributed by atoms with Crippen molar-refractivity contribution in [3.05, 3.63) is 24.3 Å². The first-order chi connectivity index (χ1) is 11.5. The SMILES string of the molecule is CCN(CC)C(=O)C1CCCCN1S(=O)(=O)c1cccc(OC)c1. The quantitative estimate of drug-likeness (QED) is 0.785. The Morgan fingerprint density at radius 1 is 1.29 bits per heavy atom. The molecule has 1 aliphatic heterocycles. The van der Waals surface area contributed by atoms with Crippen LogP contribution >= 0.6 is 0 Å². The van der Waals surface area contributed by atoms with E-state index in [1.165, 1.54) is 17.5 Å². The molecule has 6 nitrogen and oxygen atoms in total. The molecule has 1 amide bonds. The van der Waals surface area contributed by atoms with Gasteiger partial charge in [0.1, 0.15) is 11.8 Å². The van der Waals surface area contributed by atoms with Gasteiger partial charge in [0.25, 0.3) is 0 Å². The zero-order valence-electron chi connectivity index (χ0n) is 14.6. The molecule has 0 saturated carbocycles. The largest absolute Gasteiger partial charge is 0.497 e. The molecule has 0 radical (unpaired) electrons. The number of ether oxygens (including phenoxy) is 1. The van der Waals surface area contributed by atoms with Crippen molar-refractivity contribution in [1.82, 2.24) is 9.21 Å². The van der Waals surface area contributed by atoms with Gasteiger partial charge in [-0.1, -0.05) is 12.5 Å². The summed E-state index contributed by atoms with van der Waals surface area (Å²) in [5.41, 5.74) is 0. The van der Waals surface area contributed by atoms with Gasteiger partial charge in [0, 0.05) is 25.7 Å². The topological polar surface area (TPSA) is 66.9 Å². The van der Waals surface area contributed by atoms with Crippen molar-refractivity contribution in [2.45, 2.75) is 44.0 Å². The first-order valence-electron chi connectivity index (χ1n) is 8.40. The van der Waals surface area contributed by atoms with E-state index >= 15 is 0 Å². The van der Waals surface area contributed by atoms with E-state index in [0.717, 1.165) is 12.8 Å². The molecule has 0 bridgehead atoms. The third kappa shape index (κ3) is 3.72. The minimum Gasteiger partial charge on any atom is -0.497 e. The molecule has 2 rings (SSSR count). The van der Waals surface area contributed by atoms with Crippen LogP contribution in [0.1, 0.15) is 33.1 Å². The predicted molar refractivity (Wildman–Crippen MR) is 92.5 cm³/mol. The first-order valence-corrected chi connectivity index (χ1v) is 9.84. The summed E-state index contributed by atoms with van der Waals surface area (Å²) >= 11 is 0. The highest BCUT2D eigenvalue weighted by molar-refractivity contribution is 7.89. The minimum absolute atomic E-state index is 0.105. The Bertz CT molecular complexity index is 671. The van der Waals surface area contributed by atoms with E-state index in [2.05, 4.69) is 0 Å². The molecule has 0 N–H and O–H groups in total. The van der Waals surface area contributed by atoms with Crippen LogP contribution in [0.15, 0.2) is 29.2 Å². The molecule has 1 saturated heterocycles. The standard InChI is InChI=1S/C17H26N2O4S/c1-4-18(5-2)17(20)16-11-6-7-12-19(16)24(21,22)15-10-8-9-14(13-15)23-3/h8-10,13,16H,4-7,11-12H2,1-3H3. The van der Waals surface area contributed by atoms with Crippen LogP contribution in [0.5, 0.6) is 5.75 Å². The number of amides is 1. The molecule has 24 heavy (non-hydrogen) atoms. The smallest absolute Gasteiger partial charge is 0.243 e. The van der Waals surface area contributed by atoms with Crippen LogP contribution in [-0.2, 0) is 14.8 Å². The van der Waals surface area contributed by atoms with E-state index in [9.17, 15) is 13.2 Å². The monoisotopic (exact) mass is 354 g/mol. The highest BCUT2D eigenvalue weighted by Gasteiger charge is 2.39.